The van der Waals surface area contributed by atoms with Crippen LogP contribution in [0, 0.1) is 6.92 Å². The maximum Gasteiger partial charge on any atom is 0.244 e. The number of sulfonamides is 1. The van der Waals surface area contributed by atoms with Gasteiger partial charge in [-0.05, 0) is 36.8 Å². The fraction of sp³-hybridized carbons (Fsp3) is 0.263. The minimum absolute atomic E-state index is 0.0173. The van der Waals surface area contributed by atoms with Crippen molar-refractivity contribution in [2.75, 3.05) is 13.7 Å². The summed E-state index contributed by atoms with van der Waals surface area (Å²) in [6.45, 7) is 1.92. The highest BCUT2D eigenvalue weighted by atomic mass is 32.2. The van der Waals surface area contributed by atoms with E-state index in [0.29, 0.717) is 5.75 Å². The highest BCUT2D eigenvalue weighted by molar-refractivity contribution is 7.89. The minimum Gasteiger partial charge on any atom is -0.497 e. The molecule has 0 fully saturated rings. The van der Waals surface area contributed by atoms with E-state index in [0.717, 1.165) is 11.1 Å². The number of methoxy groups -OCH3 is 1. The molecule has 0 saturated heterocycles. The lowest BCUT2D eigenvalue weighted by Gasteiger charge is -2.33. The standard InChI is InChI=1S/C19H21NO4S/c1-14-3-10-18(11-4-14)25(22,23)20-13-16(21)7-12-19(20)15-5-8-17(24-2)9-6-15/h3-12,16,19,21H,13H2,1-2H3/t16-,19+/m0/s1. The molecular formula is C19H21NO4S. The maximum atomic E-state index is 13.1. The first-order valence-electron chi connectivity index (χ1n) is 8.00. The molecule has 0 bridgehead atoms. The minimum atomic E-state index is -3.73. The van der Waals surface area contributed by atoms with Crippen molar-refractivity contribution in [3.63, 3.8) is 0 Å². The van der Waals surface area contributed by atoms with E-state index in [1.807, 2.05) is 19.1 Å². The van der Waals surface area contributed by atoms with Gasteiger partial charge in [-0.3, -0.25) is 0 Å². The van der Waals surface area contributed by atoms with Gasteiger partial charge < -0.3 is 9.84 Å². The van der Waals surface area contributed by atoms with E-state index in [9.17, 15) is 13.5 Å². The summed E-state index contributed by atoms with van der Waals surface area (Å²) in [6.07, 6.45) is 2.53. The van der Waals surface area contributed by atoms with Crippen LogP contribution in [0.5, 0.6) is 5.75 Å². The molecule has 132 valence electrons. The Bertz CT molecular complexity index is 857. The van der Waals surface area contributed by atoms with Gasteiger partial charge in [-0.25, -0.2) is 8.42 Å². The van der Waals surface area contributed by atoms with E-state index >= 15 is 0 Å². The van der Waals surface area contributed by atoms with Crippen molar-refractivity contribution in [1.82, 2.24) is 4.31 Å². The van der Waals surface area contributed by atoms with E-state index in [1.54, 1.807) is 55.7 Å². The van der Waals surface area contributed by atoms with Crippen molar-refractivity contribution >= 4 is 10.0 Å². The highest BCUT2D eigenvalue weighted by Gasteiger charge is 2.34. The van der Waals surface area contributed by atoms with Gasteiger partial charge in [0.1, 0.15) is 5.75 Å². The van der Waals surface area contributed by atoms with Gasteiger partial charge in [-0.15, -0.1) is 0 Å². The lowest BCUT2D eigenvalue weighted by molar-refractivity contribution is 0.166. The molecule has 0 saturated carbocycles. The number of β-amino-alcohol motifs (C(OH)–C–C–N with tert-alkyl or cyclic N) is 1. The Morgan fingerprint density at radius 3 is 2.28 bits per heavy atom. The highest BCUT2D eigenvalue weighted by Crippen LogP contribution is 2.32. The van der Waals surface area contributed by atoms with Crippen LogP contribution >= 0.6 is 0 Å². The second-order valence-corrected chi connectivity index (χ2v) is 7.95. The quantitative estimate of drug-likeness (QED) is 0.853. The summed E-state index contributed by atoms with van der Waals surface area (Å²) < 4.78 is 32.7. The third kappa shape index (κ3) is 3.61. The summed E-state index contributed by atoms with van der Waals surface area (Å²) in [6, 6.07) is 13.5. The van der Waals surface area contributed by atoms with Crippen LogP contribution in [0.3, 0.4) is 0 Å². The number of ether oxygens (including phenoxy) is 1. The molecule has 3 rings (SSSR count). The summed E-state index contributed by atoms with van der Waals surface area (Å²) >= 11 is 0. The summed E-state index contributed by atoms with van der Waals surface area (Å²) in [4.78, 5) is 0.221. The zero-order chi connectivity index (χ0) is 18.0. The lowest BCUT2D eigenvalue weighted by Crippen LogP contribution is -2.41. The Hall–Kier alpha value is -2.15. The second-order valence-electron chi connectivity index (χ2n) is 6.06. The zero-order valence-electron chi connectivity index (χ0n) is 14.2. The molecule has 0 radical (unpaired) electrons. The van der Waals surface area contributed by atoms with E-state index in [1.165, 1.54) is 4.31 Å². The van der Waals surface area contributed by atoms with Gasteiger partial charge in [0, 0.05) is 6.54 Å². The number of benzene rings is 2. The molecule has 0 aliphatic carbocycles. The SMILES string of the molecule is COc1ccc([C@H]2C=C[C@H](O)CN2S(=O)(=O)c2ccc(C)cc2)cc1. The van der Waals surface area contributed by atoms with Crippen LogP contribution in [-0.2, 0) is 10.0 Å². The fourth-order valence-electron chi connectivity index (χ4n) is 2.86. The third-order valence-electron chi connectivity index (χ3n) is 4.28. The molecule has 1 aliphatic heterocycles. The van der Waals surface area contributed by atoms with Gasteiger partial charge in [0.05, 0.1) is 24.2 Å². The molecule has 6 heteroatoms. The van der Waals surface area contributed by atoms with Crippen LogP contribution in [0.2, 0.25) is 0 Å². The molecule has 2 aromatic rings. The molecule has 0 aromatic heterocycles. The fourth-order valence-corrected chi connectivity index (χ4v) is 4.45. The van der Waals surface area contributed by atoms with Crippen molar-refractivity contribution in [2.45, 2.75) is 24.0 Å². The number of hydrogen-bond donors (Lipinski definition) is 1. The predicted molar refractivity (Wildman–Crippen MR) is 96.0 cm³/mol. The normalized spacial score (nSPS) is 21.2. The topological polar surface area (TPSA) is 66.8 Å². The van der Waals surface area contributed by atoms with Gasteiger partial charge in [0.2, 0.25) is 10.0 Å². The first kappa shape index (κ1) is 17.7. The Kier molecular flexibility index (Phi) is 4.94. The molecule has 0 amide bonds. The smallest absolute Gasteiger partial charge is 0.244 e. The van der Waals surface area contributed by atoms with E-state index in [2.05, 4.69) is 0 Å². The number of nitrogens with zero attached hydrogens (tertiary/aromatic N) is 1. The summed E-state index contributed by atoms with van der Waals surface area (Å²) in [5.41, 5.74) is 1.81. The largest absolute Gasteiger partial charge is 0.497 e. The van der Waals surface area contributed by atoms with Gasteiger partial charge in [-0.1, -0.05) is 42.0 Å². The summed E-state index contributed by atoms with van der Waals surface area (Å²) in [5, 5.41) is 9.97. The van der Waals surface area contributed by atoms with Crippen molar-refractivity contribution < 1.29 is 18.3 Å². The first-order chi connectivity index (χ1) is 11.9. The Labute approximate surface area is 148 Å². The van der Waals surface area contributed by atoms with Gasteiger partial charge in [-0.2, -0.15) is 4.31 Å². The number of aliphatic hydroxyl groups is 1. The van der Waals surface area contributed by atoms with Crippen molar-refractivity contribution in [1.29, 1.82) is 0 Å². The molecule has 5 nitrogen and oxygen atoms in total. The number of rotatable bonds is 4. The molecular weight excluding hydrogens is 338 g/mol. The summed E-state index contributed by atoms with van der Waals surface area (Å²) in [5.74, 6) is 0.705. The third-order valence-corrected chi connectivity index (χ3v) is 6.14. The second kappa shape index (κ2) is 7.00. The average molecular weight is 359 g/mol. The monoisotopic (exact) mass is 359 g/mol. The predicted octanol–water partition coefficient (Wildman–Crippen LogP) is 2.67. The Morgan fingerprint density at radius 1 is 1.04 bits per heavy atom. The molecule has 0 unspecified atom stereocenters. The molecule has 0 spiro atoms. The maximum absolute atomic E-state index is 13.1. The zero-order valence-corrected chi connectivity index (χ0v) is 15.0. The van der Waals surface area contributed by atoms with E-state index in [-0.39, 0.29) is 11.4 Å². The number of aliphatic hydroxyl groups excluding tert-OH is 1. The molecule has 1 heterocycles. The average Bonchev–Trinajstić information content (AvgIpc) is 2.62. The molecule has 2 atom stereocenters. The van der Waals surface area contributed by atoms with Crippen molar-refractivity contribution in [2.24, 2.45) is 0 Å². The Morgan fingerprint density at radius 2 is 1.68 bits per heavy atom. The van der Waals surface area contributed by atoms with Crippen molar-refractivity contribution in [3.05, 3.63) is 71.8 Å². The van der Waals surface area contributed by atoms with E-state index in [4.69, 9.17) is 4.74 Å². The molecule has 1 N–H and O–H groups in total. The van der Waals surface area contributed by atoms with Crippen LogP contribution in [0.15, 0.2) is 65.6 Å². The van der Waals surface area contributed by atoms with Gasteiger partial charge >= 0.3 is 0 Å². The molecule has 2 aromatic carbocycles. The van der Waals surface area contributed by atoms with Gasteiger partial charge in [0.15, 0.2) is 0 Å². The Balaban J connectivity index is 2.01. The van der Waals surface area contributed by atoms with Crippen LogP contribution in [0.1, 0.15) is 17.2 Å². The van der Waals surface area contributed by atoms with E-state index < -0.39 is 22.2 Å². The lowest BCUT2D eigenvalue weighted by atomic mass is 10.0. The molecule has 1 aliphatic rings. The number of hydrogen-bond acceptors (Lipinski definition) is 4. The van der Waals surface area contributed by atoms with Gasteiger partial charge in [0.25, 0.3) is 0 Å². The summed E-state index contributed by atoms with van der Waals surface area (Å²) in [7, 11) is -2.15. The number of aryl methyl sites for hydroxylation is 1. The van der Waals surface area contributed by atoms with Crippen LogP contribution < -0.4 is 4.74 Å². The van der Waals surface area contributed by atoms with Crippen LogP contribution in [0.25, 0.3) is 0 Å². The molecule has 25 heavy (non-hydrogen) atoms. The van der Waals surface area contributed by atoms with Crippen LogP contribution in [-0.4, -0.2) is 37.6 Å². The van der Waals surface area contributed by atoms with Crippen molar-refractivity contribution in [3.8, 4) is 5.75 Å². The van der Waals surface area contributed by atoms with Crippen LogP contribution in [0.4, 0.5) is 0 Å². The first-order valence-corrected chi connectivity index (χ1v) is 9.44.